The third-order valence-electron chi connectivity index (χ3n) is 4.81. The highest BCUT2D eigenvalue weighted by Gasteiger charge is 2.23. The maximum Gasteiger partial charge on any atom is 0.232 e. The zero-order valence-electron chi connectivity index (χ0n) is 19.4. The van der Waals surface area contributed by atoms with E-state index in [2.05, 4.69) is 20.3 Å². The third-order valence-corrected chi connectivity index (χ3v) is 5.73. The summed E-state index contributed by atoms with van der Waals surface area (Å²) in [5.41, 5.74) is 1.63. The summed E-state index contributed by atoms with van der Waals surface area (Å²) in [5.74, 6) is 4.02. The molecule has 172 valence electrons. The Labute approximate surface area is 197 Å². The fourth-order valence-corrected chi connectivity index (χ4v) is 3.94. The Bertz CT molecular complexity index is 1210. The predicted octanol–water partition coefficient (Wildman–Crippen LogP) is 5.31. The van der Waals surface area contributed by atoms with Crippen molar-refractivity contribution in [1.82, 2.24) is 24.9 Å². The van der Waals surface area contributed by atoms with E-state index in [4.69, 9.17) is 14.0 Å². The molecule has 0 aliphatic carbocycles. The van der Waals surface area contributed by atoms with Crippen LogP contribution in [-0.4, -0.2) is 38.6 Å². The van der Waals surface area contributed by atoms with Gasteiger partial charge in [-0.2, -0.15) is 4.98 Å². The van der Waals surface area contributed by atoms with E-state index >= 15 is 0 Å². The van der Waals surface area contributed by atoms with Crippen molar-refractivity contribution in [3.63, 3.8) is 0 Å². The van der Waals surface area contributed by atoms with Gasteiger partial charge in [0.25, 0.3) is 0 Å². The topological polar surface area (TPSA) is 88.1 Å². The molecule has 8 nitrogen and oxygen atoms in total. The molecule has 0 N–H and O–H groups in total. The first-order chi connectivity index (χ1) is 15.9. The maximum atomic E-state index is 5.60. The van der Waals surface area contributed by atoms with Gasteiger partial charge in [-0.25, -0.2) is 0 Å². The number of hydrogen-bond acceptors (Lipinski definition) is 8. The second-order valence-corrected chi connectivity index (χ2v) is 9.30. The van der Waals surface area contributed by atoms with E-state index in [0.717, 1.165) is 27.9 Å². The Hall–Kier alpha value is -3.33. The van der Waals surface area contributed by atoms with Crippen LogP contribution in [0.15, 0.2) is 58.2 Å². The van der Waals surface area contributed by atoms with Crippen LogP contribution in [0.3, 0.4) is 0 Å². The van der Waals surface area contributed by atoms with Gasteiger partial charge in [-0.1, -0.05) is 49.8 Å². The van der Waals surface area contributed by atoms with E-state index in [-0.39, 0.29) is 5.41 Å². The minimum Gasteiger partial charge on any atom is -0.497 e. The molecular weight excluding hydrogens is 438 g/mol. The first-order valence-electron chi connectivity index (χ1n) is 10.7. The zero-order valence-corrected chi connectivity index (χ0v) is 20.2. The second-order valence-electron chi connectivity index (χ2n) is 8.35. The van der Waals surface area contributed by atoms with E-state index in [9.17, 15) is 0 Å². The van der Waals surface area contributed by atoms with Crippen LogP contribution >= 0.6 is 11.8 Å². The Morgan fingerprint density at radius 2 is 1.82 bits per heavy atom. The molecular formula is C24H27N5O3S. The average molecular weight is 466 g/mol. The Kier molecular flexibility index (Phi) is 6.69. The van der Waals surface area contributed by atoms with Gasteiger partial charge in [0.2, 0.25) is 5.89 Å². The molecule has 33 heavy (non-hydrogen) atoms. The van der Waals surface area contributed by atoms with Crippen LogP contribution in [0.1, 0.15) is 39.4 Å². The molecule has 9 heteroatoms. The van der Waals surface area contributed by atoms with Crippen molar-refractivity contribution in [3.05, 3.63) is 60.2 Å². The molecule has 0 aliphatic heterocycles. The van der Waals surface area contributed by atoms with Crippen molar-refractivity contribution in [1.29, 1.82) is 0 Å². The molecule has 2 aromatic heterocycles. The largest absolute Gasteiger partial charge is 0.497 e. The number of hydrogen-bond donors (Lipinski definition) is 0. The van der Waals surface area contributed by atoms with Crippen LogP contribution in [0, 0.1) is 0 Å². The van der Waals surface area contributed by atoms with Gasteiger partial charge in [-0.15, -0.1) is 10.2 Å². The highest BCUT2D eigenvalue weighted by molar-refractivity contribution is 7.98. The number of ether oxygens (including phenoxy) is 2. The lowest BCUT2D eigenvalue weighted by Gasteiger charge is -2.12. The molecule has 0 atom stereocenters. The van der Waals surface area contributed by atoms with Gasteiger partial charge < -0.3 is 14.0 Å². The summed E-state index contributed by atoms with van der Waals surface area (Å²) in [6.45, 7) is 8.71. The molecule has 2 heterocycles. The van der Waals surface area contributed by atoms with Gasteiger partial charge >= 0.3 is 0 Å². The lowest BCUT2D eigenvalue weighted by Crippen LogP contribution is -2.11. The zero-order chi connectivity index (χ0) is 23.4. The molecule has 0 bridgehead atoms. The molecule has 4 aromatic rings. The summed E-state index contributed by atoms with van der Waals surface area (Å²) in [6.07, 6.45) is 0. The average Bonchev–Trinajstić information content (AvgIpc) is 3.46. The van der Waals surface area contributed by atoms with E-state index in [1.165, 1.54) is 11.8 Å². The van der Waals surface area contributed by atoms with E-state index in [1.807, 2.05) is 80.8 Å². The van der Waals surface area contributed by atoms with Gasteiger partial charge in [0.05, 0.1) is 19.5 Å². The lowest BCUT2D eigenvalue weighted by atomic mass is 9.97. The van der Waals surface area contributed by atoms with Crippen molar-refractivity contribution >= 4 is 11.8 Å². The quantitative estimate of drug-likeness (QED) is 0.323. The summed E-state index contributed by atoms with van der Waals surface area (Å²) in [6, 6.07) is 15.6. The van der Waals surface area contributed by atoms with Gasteiger partial charge in [-0.05, 0) is 43.3 Å². The molecule has 0 saturated carbocycles. The molecule has 0 saturated heterocycles. The van der Waals surface area contributed by atoms with Crippen molar-refractivity contribution in [2.24, 2.45) is 0 Å². The van der Waals surface area contributed by atoms with Crippen molar-refractivity contribution in [2.45, 2.75) is 44.0 Å². The van der Waals surface area contributed by atoms with Crippen LogP contribution in [-0.2, 0) is 11.2 Å². The molecule has 0 fully saturated rings. The molecule has 0 unspecified atom stereocenters. The summed E-state index contributed by atoms with van der Waals surface area (Å²) in [7, 11) is 1.65. The highest BCUT2D eigenvalue weighted by Crippen LogP contribution is 2.32. The predicted molar refractivity (Wildman–Crippen MR) is 127 cm³/mol. The second kappa shape index (κ2) is 9.66. The molecule has 2 aromatic carbocycles. The Morgan fingerprint density at radius 1 is 1.03 bits per heavy atom. The summed E-state index contributed by atoms with van der Waals surface area (Å²) in [5, 5.41) is 13.8. The Morgan fingerprint density at radius 3 is 2.48 bits per heavy atom. The van der Waals surface area contributed by atoms with Crippen molar-refractivity contribution in [3.8, 4) is 28.6 Å². The summed E-state index contributed by atoms with van der Waals surface area (Å²) >= 11 is 1.50. The first kappa shape index (κ1) is 22.8. The molecule has 4 rings (SSSR count). The van der Waals surface area contributed by atoms with Gasteiger partial charge in [0.15, 0.2) is 16.8 Å². The number of aromatic nitrogens is 5. The van der Waals surface area contributed by atoms with E-state index in [0.29, 0.717) is 29.9 Å². The molecule has 0 aliphatic rings. The van der Waals surface area contributed by atoms with Crippen molar-refractivity contribution in [2.75, 3.05) is 13.7 Å². The summed E-state index contributed by atoms with van der Waals surface area (Å²) < 4.78 is 18.4. The van der Waals surface area contributed by atoms with Crippen LogP contribution in [0.5, 0.6) is 11.5 Å². The number of rotatable bonds is 8. The maximum absolute atomic E-state index is 5.60. The van der Waals surface area contributed by atoms with Gasteiger partial charge in [0.1, 0.15) is 11.5 Å². The normalized spacial score (nSPS) is 11.5. The van der Waals surface area contributed by atoms with Crippen LogP contribution in [0.2, 0.25) is 0 Å². The molecule has 0 amide bonds. The molecule has 0 radical (unpaired) electrons. The first-order valence-corrected chi connectivity index (χ1v) is 11.7. The number of benzene rings is 2. The van der Waals surface area contributed by atoms with E-state index in [1.54, 1.807) is 7.11 Å². The van der Waals surface area contributed by atoms with Gasteiger partial charge in [0, 0.05) is 16.7 Å². The smallest absolute Gasteiger partial charge is 0.232 e. The van der Waals surface area contributed by atoms with Crippen LogP contribution in [0.4, 0.5) is 0 Å². The van der Waals surface area contributed by atoms with E-state index < -0.39 is 0 Å². The minimum atomic E-state index is -0.197. The minimum absolute atomic E-state index is 0.197. The SMILES string of the molecule is CCOc1ccc(-n2c(SCc3noc(C(C)(C)C)n3)nnc2-c2cccc(OC)c2)cc1. The number of thioether (sulfide) groups is 1. The third kappa shape index (κ3) is 5.19. The fraction of sp³-hybridized carbons (Fsp3) is 0.333. The fourth-order valence-electron chi connectivity index (χ4n) is 3.15. The standard InChI is InChI=1S/C24H27N5O3S/c1-6-31-18-12-10-17(11-13-18)29-21(16-8-7-9-19(14-16)30-5)26-27-23(29)33-15-20-25-22(32-28-20)24(2,3)4/h7-14H,6,15H2,1-5H3. The van der Waals surface area contributed by atoms with Crippen LogP contribution in [0.25, 0.3) is 17.1 Å². The highest BCUT2D eigenvalue weighted by atomic mass is 32.2. The summed E-state index contributed by atoms with van der Waals surface area (Å²) in [4.78, 5) is 4.53. The van der Waals surface area contributed by atoms with Crippen LogP contribution < -0.4 is 9.47 Å². The Balaban J connectivity index is 1.69. The number of methoxy groups -OCH3 is 1. The monoisotopic (exact) mass is 465 g/mol. The van der Waals surface area contributed by atoms with Crippen molar-refractivity contribution < 1.29 is 14.0 Å². The molecule has 0 spiro atoms. The van der Waals surface area contributed by atoms with Gasteiger partial charge in [-0.3, -0.25) is 4.57 Å². The number of nitrogens with zero attached hydrogens (tertiary/aromatic N) is 5. The lowest BCUT2D eigenvalue weighted by molar-refractivity contribution is 0.319.